The molecule has 8 heteroatoms. The molecule has 0 aliphatic carbocycles. The lowest BCUT2D eigenvalue weighted by molar-refractivity contribution is -0.123. The Hall–Kier alpha value is -4.59. The van der Waals surface area contributed by atoms with Crippen LogP contribution in [-0.2, 0) is 17.4 Å². The molecule has 2 heterocycles. The molecular formula is C28H27N5O3. The van der Waals surface area contributed by atoms with Crippen LogP contribution in [0.15, 0.2) is 97.2 Å². The molecule has 1 fully saturated rings. The Bertz CT molecular complexity index is 1250. The van der Waals surface area contributed by atoms with Crippen molar-refractivity contribution in [3.05, 3.63) is 114 Å². The van der Waals surface area contributed by atoms with Crippen molar-refractivity contribution in [3.8, 4) is 0 Å². The number of carbonyl (C=O) groups is 2. The summed E-state index contributed by atoms with van der Waals surface area (Å²) < 4.78 is 1.70. The highest BCUT2D eigenvalue weighted by molar-refractivity contribution is 5.96. The molecule has 1 aliphatic rings. The molecule has 0 atom stereocenters. The van der Waals surface area contributed by atoms with E-state index in [-0.39, 0.29) is 19.0 Å². The van der Waals surface area contributed by atoms with Crippen LogP contribution in [0.3, 0.4) is 0 Å². The molecular weight excluding hydrogens is 454 g/mol. The van der Waals surface area contributed by atoms with Crippen LogP contribution >= 0.6 is 0 Å². The maximum atomic E-state index is 12.9. The first-order chi connectivity index (χ1) is 17.5. The van der Waals surface area contributed by atoms with Crippen molar-refractivity contribution in [2.24, 2.45) is 13.0 Å². The summed E-state index contributed by atoms with van der Waals surface area (Å²) in [5.41, 5.74) is 2.82. The lowest BCUT2D eigenvalue weighted by Gasteiger charge is -2.38. The second-order valence-electron chi connectivity index (χ2n) is 8.88. The molecule has 0 spiro atoms. The van der Waals surface area contributed by atoms with Crippen LogP contribution in [0, 0.1) is 5.92 Å². The van der Waals surface area contributed by atoms with E-state index in [1.54, 1.807) is 10.9 Å². The van der Waals surface area contributed by atoms with Crippen molar-refractivity contribution in [3.63, 3.8) is 0 Å². The maximum Gasteiger partial charge on any atom is 0.407 e. The average Bonchev–Trinajstić information content (AvgIpc) is 3.21. The molecule has 0 saturated carbocycles. The lowest BCUT2D eigenvalue weighted by atomic mass is 9.77. The zero-order valence-electron chi connectivity index (χ0n) is 19.8. The van der Waals surface area contributed by atoms with Crippen LogP contribution in [0.4, 0.5) is 16.3 Å². The Labute approximate surface area is 209 Å². The number of aromatic nitrogens is 2. The molecule has 0 bridgehead atoms. The molecule has 0 unspecified atom stereocenters. The van der Waals surface area contributed by atoms with E-state index >= 15 is 0 Å². The van der Waals surface area contributed by atoms with Crippen molar-refractivity contribution in [1.82, 2.24) is 14.7 Å². The van der Waals surface area contributed by atoms with E-state index in [4.69, 9.17) is 5.11 Å². The molecule has 5 rings (SSSR count). The van der Waals surface area contributed by atoms with Gasteiger partial charge in [-0.25, -0.2) is 4.79 Å². The zero-order chi connectivity index (χ0) is 25.1. The standard InChI is InChI=1S/C28H27N5O3/c1-32-25(24(17-29-32)30-26(34)20-18-33(19-20)27(35)36)31-28(21-11-5-2-6-12-21,22-13-7-3-8-14-22)23-15-9-4-10-16-23/h2-17,20,31H,18-19H2,1H3,(H,30,34)(H,35,36). The number of hydrogen-bond donors (Lipinski definition) is 3. The van der Waals surface area contributed by atoms with E-state index in [1.807, 2.05) is 61.6 Å². The molecule has 3 N–H and O–H groups in total. The van der Waals surface area contributed by atoms with E-state index in [0.717, 1.165) is 16.7 Å². The fourth-order valence-electron chi connectivity index (χ4n) is 4.67. The Kier molecular flexibility index (Phi) is 6.16. The van der Waals surface area contributed by atoms with Gasteiger partial charge in [0, 0.05) is 20.1 Å². The number of likely N-dealkylation sites (tertiary alicyclic amines) is 1. The van der Waals surface area contributed by atoms with Crippen molar-refractivity contribution < 1.29 is 14.7 Å². The summed E-state index contributed by atoms with van der Waals surface area (Å²) in [4.78, 5) is 25.2. The first-order valence-corrected chi connectivity index (χ1v) is 11.7. The monoisotopic (exact) mass is 481 g/mol. The van der Waals surface area contributed by atoms with Crippen LogP contribution in [0.25, 0.3) is 0 Å². The topological polar surface area (TPSA) is 99.5 Å². The fraction of sp³-hybridized carbons (Fsp3) is 0.179. The van der Waals surface area contributed by atoms with Gasteiger partial charge in [-0.3, -0.25) is 9.48 Å². The Morgan fingerprint density at radius 1 is 0.861 bits per heavy atom. The SMILES string of the molecule is Cn1ncc(NC(=O)C2CN(C(=O)O)C2)c1NC(c1ccccc1)(c1ccccc1)c1ccccc1. The highest BCUT2D eigenvalue weighted by atomic mass is 16.4. The minimum absolute atomic E-state index is 0.187. The number of rotatable bonds is 7. The van der Waals surface area contributed by atoms with Gasteiger partial charge in [-0.05, 0) is 16.7 Å². The van der Waals surface area contributed by atoms with Gasteiger partial charge >= 0.3 is 6.09 Å². The van der Waals surface area contributed by atoms with Crippen LogP contribution < -0.4 is 10.6 Å². The first-order valence-electron chi connectivity index (χ1n) is 11.7. The van der Waals surface area contributed by atoms with Gasteiger partial charge in [0.1, 0.15) is 17.0 Å². The molecule has 182 valence electrons. The van der Waals surface area contributed by atoms with Gasteiger partial charge < -0.3 is 20.6 Å². The molecule has 4 aromatic rings. The Morgan fingerprint density at radius 2 is 1.33 bits per heavy atom. The summed E-state index contributed by atoms with van der Waals surface area (Å²) in [6.07, 6.45) is 0.598. The lowest BCUT2D eigenvalue weighted by Crippen LogP contribution is -2.54. The zero-order valence-corrected chi connectivity index (χ0v) is 19.8. The predicted molar refractivity (Wildman–Crippen MR) is 138 cm³/mol. The third kappa shape index (κ3) is 4.17. The molecule has 36 heavy (non-hydrogen) atoms. The van der Waals surface area contributed by atoms with Crippen LogP contribution in [-0.4, -0.2) is 44.9 Å². The van der Waals surface area contributed by atoms with Crippen molar-refractivity contribution in [2.45, 2.75) is 5.54 Å². The number of carbonyl (C=O) groups excluding carboxylic acids is 1. The number of carboxylic acid groups (broad SMARTS) is 1. The second-order valence-corrected chi connectivity index (χ2v) is 8.88. The number of amides is 2. The average molecular weight is 482 g/mol. The van der Waals surface area contributed by atoms with Crippen molar-refractivity contribution in [1.29, 1.82) is 0 Å². The van der Waals surface area contributed by atoms with Gasteiger partial charge in [0.15, 0.2) is 0 Å². The Morgan fingerprint density at radius 3 is 1.78 bits per heavy atom. The normalized spacial score (nSPS) is 13.6. The maximum absolute atomic E-state index is 12.9. The van der Waals surface area contributed by atoms with Crippen LogP contribution in [0.2, 0.25) is 0 Å². The van der Waals surface area contributed by atoms with E-state index in [1.165, 1.54) is 4.90 Å². The van der Waals surface area contributed by atoms with Gasteiger partial charge in [-0.2, -0.15) is 5.10 Å². The predicted octanol–water partition coefficient (Wildman–Crippen LogP) is 4.37. The highest BCUT2D eigenvalue weighted by Gasteiger charge is 2.39. The minimum atomic E-state index is -1.01. The molecule has 8 nitrogen and oxygen atoms in total. The third-order valence-corrected chi connectivity index (χ3v) is 6.65. The van der Waals surface area contributed by atoms with Gasteiger partial charge in [0.05, 0.1) is 12.1 Å². The Balaban J connectivity index is 1.57. The van der Waals surface area contributed by atoms with Crippen molar-refractivity contribution in [2.75, 3.05) is 23.7 Å². The molecule has 1 aliphatic heterocycles. The number of anilines is 2. The summed E-state index contributed by atoms with van der Waals surface area (Å²) in [6.45, 7) is 0.373. The molecule has 0 radical (unpaired) electrons. The fourth-order valence-corrected chi connectivity index (χ4v) is 4.67. The van der Waals surface area contributed by atoms with Crippen LogP contribution in [0.5, 0.6) is 0 Å². The van der Waals surface area contributed by atoms with E-state index < -0.39 is 17.6 Å². The minimum Gasteiger partial charge on any atom is -0.465 e. The molecule has 2 amide bonds. The third-order valence-electron chi connectivity index (χ3n) is 6.65. The smallest absolute Gasteiger partial charge is 0.407 e. The van der Waals surface area contributed by atoms with Crippen molar-refractivity contribution >= 4 is 23.5 Å². The van der Waals surface area contributed by atoms with E-state index in [9.17, 15) is 9.59 Å². The van der Waals surface area contributed by atoms with Gasteiger partial charge in [-0.1, -0.05) is 91.0 Å². The highest BCUT2D eigenvalue weighted by Crippen LogP contribution is 2.41. The molecule has 3 aromatic carbocycles. The quantitative estimate of drug-likeness (QED) is 0.341. The summed E-state index contributed by atoms with van der Waals surface area (Å²) >= 11 is 0. The van der Waals surface area contributed by atoms with Gasteiger partial charge in [0.2, 0.25) is 5.91 Å². The summed E-state index contributed by atoms with van der Waals surface area (Å²) in [5, 5.41) is 20.2. The van der Waals surface area contributed by atoms with E-state index in [2.05, 4.69) is 52.1 Å². The summed E-state index contributed by atoms with van der Waals surface area (Å²) in [7, 11) is 1.82. The number of aryl methyl sites for hydroxylation is 1. The summed E-state index contributed by atoms with van der Waals surface area (Å²) in [6, 6.07) is 30.5. The second kappa shape index (κ2) is 9.58. The number of nitrogens with zero attached hydrogens (tertiary/aromatic N) is 3. The summed E-state index contributed by atoms with van der Waals surface area (Å²) in [5.74, 6) is 0.0129. The number of hydrogen-bond acceptors (Lipinski definition) is 4. The number of benzene rings is 3. The molecule has 1 saturated heterocycles. The number of nitrogens with one attached hydrogen (secondary N) is 2. The first kappa shape index (κ1) is 23.2. The van der Waals surface area contributed by atoms with E-state index in [0.29, 0.717) is 11.5 Å². The van der Waals surface area contributed by atoms with Gasteiger partial charge in [0.25, 0.3) is 0 Å². The van der Waals surface area contributed by atoms with Crippen LogP contribution in [0.1, 0.15) is 16.7 Å². The molecule has 1 aromatic heterocycles. The van der Waals surface area contributed by atoms with Gasteiger partial charge in [-0.15, -0.1) is 0 Å². The largest absolute Gasteiger partial charge is 0.465 e.